The van der Waals surface area contributed by atoms with Crippen LogP contribution >= 0.6 is 15.9 Å². The van der Waals surface area contributed by atoms with E-state index in [0.29, 0.717) is 0 Å². The van der Waals surface area contributed by atoms with Gasteiger partial charge in [-0.1, -0.05) is 22.0 Å². The Balaban J connectivity index is 2.23. The molecule has 0 saturated heterocycles. The van der Waals surface area contributed by atoms with E-state index in [1.807, 2.05) is 24.3 Å². The van der Waals surface area contributed by atoms with Crippen molar-refractivity contribution in [2.75, 3.05) is 10.6 Å². The second-order valence-electron chi connectivity index (χ2n) is 3.10. The summed E-state index contributed by atoms with van der Waals surface area (Å²) in [5, 5.41) is 10.5. The van der Waals surface area contributed by atoms with Gasteiger partial charge in [0.15, 0.2) is 0 Å². The normalized spacial score (nSPS) is 10.1. The minimum atomic E-state index is -0.0825. The number of halogens is 1. The quantitative estimate of drug-likeness (QED) is 0.869. The molecular formula is C10H9BrN4O. The molecule has 82 valence electrons. The fraction of sp³-hybridized carbons (Fsp3) is 0.100. The molecule has 1 N–H and O–H groups in total. The number of nitrogens with zero attached hydrogens (tertiary/aromatic N) is 3. The molecule has 1 amide bonds. The van der Waals surface area contributed by atoms with Crippen LogP contribution in [-0.2, 0) is 4.79 Å². The Kier molecular flexibility index (Phi) is 3.31. The number of anilines is 1. The Labute approximate surface area is 101 Å². The summed E-state index contributed by atoms with van der Waals surface area (Å²) in [6.45, 7) is 0. The third kappa shape index (κ3) is 2.46. The maximum Gasteiger partial charge on any atom is 0.235 e. The Morgan fingerprint density at radius 2 is 2.12 bits per heavy atom. The number of amides is 1. The predicted molar refractivity (Wildman–Crippen MR) is 63.8 cm³/mol. The van der Waals surface area contributed by atoms with E-state index in [2.05, 4.69) is 31.4 Å². The largest absolute Gasteiger partial charge is 0.325 e. The molecule has 2 aromatic rings. The van der Waals surface area contributed by atoms with Crippen molar-refractivity contribution in [3.05, 3.63) is 36.9 Å². The maximum absolute atomic E-state index is 11.2. The van der Waals surface area contributed by atoms with E-state index in [0.717, 1.165) is 11.4 Å². The van der Waals surface area contributed by atoms with Crippen LogP contribution < -0.4 is 5.32 Å². The Bertz CT molecular complexity index is 483. The zero-order valence-corrected chi connectivity index (χ0v) is 9.89. The zero-order chi connectivity index (χ0) is 11.4. The van der Waals surface area contributed by atoms with Crippen LogP contribution in [0.1, 0.15) is 0 Å². The second-order valence-corrected chi connectivity index (χ2v) is 3.66. The van der Waals surface area contributed by atoms with Crippen molar-refractivity contribution in [1.29, 1.82) is 0 Å². The first-order valence-electron chi connectivity index (χ1n) is 4.60. The molecule has 0 bridgehead atoms. The van der Waals surface area contributed by atoms with Crippen LogP contribution in [0.25, 0.3) is 5.69 Å². The molecule has 0 atom stereocenters. The van der Waals surface area contributed by atoms with Crippen molar-refractivity contribution >= 4 is 27.5 Å². The standard InChI is InChI=1S/C10H9BrN4O/c11-5-10(16)14-8-2-1-3-9(4-8)15-6-12-13-7-15/h1-4,6-7H,5H2,(H,14,16). The van der Waals surface area contributed by atoms with E-state index in [1.54, 1.807) is 17.2 Å². The van der Waals surface area contributed by atoms with Gasteiger partial charge in [-0.05, 0) is 18.2 Å². The number of hydrogen-bond acceptors (Lipinski definition) is 3. The molecule has 1 aromatic heterocycles. The Hall–Kier alpha value is -1.69. The molecule has 1 aromatic carbocycles. The monoisotopic (exact) mass is 280 g/mol. The van der Waals surface area contributed by atoms with Gasteiger partial charge in [-0.2, -0.15) is 0 Å². The fourth-order valence-electron chi connectivity index (χ4n) is 1.27. The number of carbonyl (C=O) groups excluding carboxylic acids is 1. The Morgan fingerprint density at radius 3 is 2.81 bits per heavy atom. The summed E-state index contributed by atoms with van der Waals surface area (Å²) >= 11 is 3.09. The third-order valence-corrected chi connectivity index (χ3v) is 2.48. The van der Waals surface area contributed by atoms with E-state index >= 15 is 0 Å². The highest BCUT2D eigenvalue weighted by Crippen LogP contribution is 2.13. The molecule has 0 fully saturated rings. The van der Waals surface area contributed by atoms with Crippen molar-refractivity contribution in [3.63, 3.8) is 0 Å². The fourth-order valence-corrected chi connectivity index (χ4v) is 1.41. The molecule has 0 spiro atoms. The molecule has 0 unspecified atom stereocenters. The first-order chi connectivity index (χ1) is 7.79. The number of nitrogens with one attached hydrogen (secondary N) is 1. The maximum atomic E-state index is 11.2. The molecule has 0 aliphatic rings. The number of benzene rings is 1. The molecule has 16 heavy (non-hydrogen) atoms. The second kappa shape index (κ2) is 4.89. The lowest BCUT2D eigenvalue weighted by Gasteiger charge is -2.06. The average molecular weight is 281 g/mol. The molecule has 0 aliphatic carbocycles. The minimum Gasteiger partial charge on any atom is -0.325 e. The van der Waals surface area contributed by atoms with Gasteiger partial charge in [0.25, 0.3) is 0 Å². The Morgan fingerprint density at radius 1 is 1.38 bits per heavy atom. The van der Waals surface area contributed by atoms with Crippen LogP contribution in [0.3, 0.4) is 0 Å². The molecule has 0 aliphatic heterocycles. The topological polar surface area (TPSA) is 59.8 Å². The molecule has 2 rings (SSSR count). The number of rotatable bonds is 3. The van der Waals surface area contributed by atoms with Crippen LogP contribution in [0.2, 0.25) is 0 Å². The highest BCUT2D eigenvalue weighted by Gasteiger charge is 2.01. The summed E-state index contributed by atoms with van der Waals surface area (Å²) in [4.78, 5) is 11.2. The minimum absolute atomic E-state index is 0.0825. The van der Waals surface area contributed by atoms with Crippen LogP contribution in [-0.4, -0.2) is 26.0 Å². The summed E-state index contributed by atoms with van der Waals surface area (Å²) in [6, 6.07) is 7.45. The van der Waals surface area contributed by atoms with Crippen molar-refractivity contribution in [3.8, 4) is 5.69 Å². The molecule has 6 heteroatoms. The van der Waals surface area contributed by atoms with E-state index in [9.17, 15) is 4.79 Å². The van der Waals surface area contributed by atoms with Gasteiger partial charge < -0.3 is 5.32 Å². The van der Waals surface area contributed by atoms with E-state index in [4.69, 9.17) is 0 Å². The van der Waals surface area contributed by atoms with Crippen molar-refractivity contribution in [1.82, 2.24) is 14.8 Å². The van der Waals surface area contributed by atoms with Gasteiger partial charge in [0, 0.05) is 5.69 Å². The first-order valence-corrected chi connectivity index (χ1v) is 5.72. The average Bonchev–Trinajstić information content (AvgIpc) is 2.83. The van der Waals surface area contributed by atoms with E-state index in [1.165, 1.54) is 0 Å². The lowest BCUT2D eigenvalue weighted by Crippen LogP contribution is -2.12. The summed E-state index contributed by atoms with van der Waals surface area (Å²) in [5.74, 6) is -0.0825. The van der Waals surface area contributed by atoms with Crippen molar-refractivity contribution in [2.24, 2.45) is 0 Å². The summed E-state index contributed by atoms with van der Waals surface area (Å²) in [6.07, 6.45) is 3.21. The number of alkyl halides is 1. The lowest BCUT2D eigenvalue weighted by molar-refractivity contribution is -0.113. The van der Waals surface area contributed by atoms with Crippen LogP contribution in [0, 0.1) is 0 Å². The summed E-state index contributed by atoms with van der Waals surface area (Å²) < 4.78 is 1.77. The molecular weight excluding hydrogens is 272 g/mol. The van der Waals surface area contributed by atoms with Crippen molar-refractivity contribution < 1.29 is 4.79 Å². The predicted octanol–water partition coefficient (Wildman–Crippen LogP) is 1.60. The van der Waals surface area contributed by atoms with Crippen LogP contribution in [0.15, 0.2) is 36.9 Å². The SMILES string of the molecule is O=C(CBr)Nc1cccc(-n2cnnc2)c1. The van der Waals surface area contributed by atoms with Gasteiger partial charge in [-0.3, -0.25) is 9.36 Å². The molecule has 1 heterocycles. The molecule has 5 nitrogen and oxygen atoms in total. The smallest absolute Gasteiger partial charge is 0.235 e. The molecule has 0 saturated carbocycles. The number of carbonyl (C=O) groups is 1. The highest BCUT2D eigenvalue weighted by atomic mass is 79.9. The number of hydrogen-bond donors (Lipinski definition) is 1. The van der Waals surface area contributed by atoms with E-state index < -0.39 is 0 Å². The van der Waals surface area contributed by atoms with Crippen LogP contribution in [0.4, 0.5) is 5.69 Å². The van der Waals surface area contributed by atoms with Gasteiger partial charge >= 0.3 is 0 Å². The van der Waals surface area contributed by atoms with Crippen LogP contribution in [0.5, 0.6) is 0 Å². The lowest BCUT2D eigenvalue weighted by atomic mass is 10.2. The zero-order valence-electron chi connectivity index (χ0n) is 8.30. The van der Waals surface area contributed by atoms with Gasteiger partial charge in [0.1, 0.15) is 12.7 Å². The van der Waals surface area contributed by atoms with Gasteiger partial charge in [0.2, 0.25) is 5.91 Å². The van der Waals surface area contributed by atoms with Gasteiger partial charge in [0.05, 0.1) is 11.0 Å². The molecule has 0 radical (unpaired) electrons. The summed E-state index contributed by atoms with van der Waals surface area (Å²) in [7, 11) is 0. The van der Waals surface area contributed by atoms with Gasteiger partial charge in [-0.15, -0.1) is 10.2 Å². The van der Waals surface area contributed by atoms with E-state index in [-0.39, 0.29) is 11.2 Å². The van der Waals surface area contributed by atoms with Crippen molar-refractivity contribution in [2.45, 2.75) is 0 Å². The highest BCUT2D eigenvalue weighted by molar-refractivity contribution is 9.09. The number of aromatic nitrogens is 3. The third-order valence-electron chi connectivity index (χ3n) is 1.97. The first kappa shape index (κ1) is 10.8. The summed E-state index contributed by atoms with van der Waals surface area (Å²) in [5.41, 5.74) is 1.65. The van der Waals surface area contributed by atoms with Gasteiger partial charge in [-0.25, -0.2) is 0 Å².